The molecular formula is C8H10F3NO4S. The van der Waals surface area contributed by atoms with Gasteiger partial charge in [0.05, 0.1) is 19.0 Å². The van der Waals surface area contributed by atoms with E-state index in [-0.39, 0.29) is 19.8 Å². The predicted octanol–water partition coefficient (Wildman–Crippen LogP) is 0.551. The third kappa shape index (κ3) is 4.43. The summed E-state index contributed by atoms with van der Waals surface area (Å²) in [4.78, 5) is 23.1. The van der Waals surface area contributed by atoms with E-state index in [1.807, 2.05) is 0 Å². The second-order valence-corrected chi connectivity index (χ2v) is 4.29. The van der Waals surface area contributed by atoms with Gasteiger partial charge in [0.1, 0.15) is 0 Å². The normalized spacial score (nSPS) is 21.4. The van der Waals surface area contributed by atoms with E-state index in [4.69, 9.17) is 9.84 Å². The Hall–Kier alpha value is -0.960. The average Bonchev–Trinajstić information content (AvgIpc) is 2.25. The number of morpholine rings is 1. The van der Waals surface area contributed by atoms with Crippen LogP contribution in [0.3, 0.4) is 0 Å². The predicted molar refractivity (Wildman–Crippen MR) is 52.5 cm³/mol. The molecule has 0 aliphatic carbocycles. The smallest absolute Gasteiger partial charge is 0.442 e. The molecular weight excluding hydrogens is 263 g/mol. The van der Waals surface area contributed by atoms with Gasteiger partial charge in [0.15, 0.2) is 6.04 Å². The minimum atomic E-state index is -4.50. The molecule has 0 aromatic carbocycles. The van der Waals surface area contributed by atoms with Crippen molar-refractivity contribution in [2.45, 2.75) is 11.6 Å². The Morgan fingerprint density at radius 2 is 2.12 bits per heavy atom. The van der Waals surface area contributed by atoms with Gasteiger partial charge in [-0.15, -0.1) is 0 Å². The number of hydrogen-bond donors (Lipinski definition) is 1. The number of ether oxygens (including phenoxy) is 1. The van der Waals surface area contributed by atoms with Crippen LogP contribution in [0.4, 0.5) is 13.2 Å². The van der Waals surface area contributed by atoms with E-state index in [9.17, 15) is 22.8 Å². The van der Waals surface area contributed by atoms with Crippen molar-refractivity contribution in [3.8, 4) is 0 Å². The molecule has 1 unspecified atom stereocenters. The van der Waals surface area contributed by atoms with Gasteiger partial charge in [-0.25, -0.2) is 4.79 Å². The number of nitrogens with zero attached hydrogens (tertiary/aromatic N) is 1. The molecule has 0 spiro atoms. The van der Waals surface area contributed by atoms with E-state index >= 15 is 0 Å². The van der Waals surface area contributed by atoms with Gasteiger partial charge < -0.3 is 14.7 Å². The maximum Gasteiger partial charge on any atom is 0.442 e. The van der Waals surface area contributed by atoms with E-state index in [0.29, 0.717) is 0 Å². The van der Waals surface area contributed by atoms with Crippen molar-refractivity contribution in [1.82, 2.24) is 4.90 Å². The Morgan fingerprint density at radius 3 is 2.65 bits per heavy atom. The van der Waals surface area contributed by atoms with E-state index in [1.54, 1.807) is 0 Å². The molecule has 0 bridgehead atoms. The Kier molecular flexibility index (Phi) is 4.63. The van der Waals surface area contributed by atoms with Crippen LogP contribution in [0.25, 0.3) is 0 Å². The number of amides is 1. The van der Waals surface area contributed by atoms with Crippen molar-refractivity contribution in [1.29, 1.82) is 0 Å². The summed E-state index contributed by atoms with van der Waals surface area (Å²) in [5.41, 5.74) is -4.50. The van der Waals surface area contributed by atoms with Gasteiger partial charge in [-0.3, -0.25) is 4.79 Å². The molecule has 98 valence electrons. The SMILES string of the molecule is O=C(O)C1COCCN1C(=O)CSC(F)(F)F. The molecule has 1 N–H and O–H groups in total. The van der Waals surface area contributed by atoms with E-state index < -0.39 is 40.9 Å². The molecule has 1 atom stereocenters. The van der Waals surface area contributed by atoms with Crippen LogP contribution >= 0.6 is 11.8 Å². The number of alkyl halides is 3. The first-order valence-corrected chi connectivity index (χ1v) is 5.60. The van der Waals surface area contributed by atoms with Gasteiger partial charge in [0.25, 0.3) is 0 Å². The fourth-order valence-electron chi connectivity index (χ4n) is 1.33. The van der Waals surface area contributed by atoms with Crippen LogP contribution in [0.5, 0.6) is 0 Å². The van der Waals surface area contributed by atoms with Gasteiger partial charge >= 0.3 is 11.5 Å². The molecule has 1 heterocycles. The highest BCUT2D eigenvalue weighted by Crippen LogP contribution is 2.30. The zero-order valence-corrected chi connectivity index (χ0v) is 9.38. The Bertz CT molecular complexity index is 310. The summed E-state index contributed by atoms with van der Waals surface area (Å²) in [6, 6.07) is -1.20. The number of rotatable bonds is 3. The molecule has 1 rings (SSSR count). The van der Waals surface area contributed by atoms with E-state index in [0.717, 1.165) is 4.90 Å². The van der Waals surface area contributed by atoms with E-state index in [2.05, 4.69) is 0 Å². The van der Waals surface area contributed by atoms with Gasteiger partial charge in [-0.1, -0.05) is 0 Å². The molecule has 1 aliphatic rings. The monoisotopic (exact) mass is 273 g/mol. The highest BCUT2D eigenvalue weighted by molar-refractivity contribution is 8.00. The van der Waals surface area contributed by atoms with Crippen LogP contribution in [-0.4, -0.2) is 58.9 Å². The topological polar surface area (TPSA) is 66.8 Å². The first-order valence-electron chi connectivity index (χ1n) is 4.62. The number of carbonyl (C=O) groups is 2. The standard InChI is InChI=1S/C8H10F3NO4S/c9-8(10,11)17-4-6(13)12-1-2-16-3-5(12)7(14)15/h5H,1-4H2,(H,14,15). The first-order chi connectivity index (χ1) is 7.81. The Morgan fingerprint density at radius 1 is 1.47 bits per heavy atom. The van der Waals surface area contributed by atoms with Crippen LogP contribution in [-0.2, 0) is 14.3 Å². The third-order valence-electron chi connectivity index (χ3n) is 2.09. The van der Waals surface area contributed by atoms with Crippen LogP contribution < -0.4 is 0 Å². The molecule has 1 aliphatic heterocycles. The van der Waals surface area contributed by atoms with Crippen molar-refractivity contribution in [2.24, 2.45) is 0 Å². The van der Waals surface area contributed by atoms with Crippen molar-refractivity contribution in [2.75, 3.05) is 25.5 Å². The zero-order chi connectivity index (χ0) is 13.1. The number of carbonyl (C=O) groups excluding carboxylic acids is 1. The Labute approximate surface area is 98.9 Å². The zero-order valence-electron chi connectivity index (χ0n) is 8.57. The summed E-state index contributed by atoms with van der Waals surface area (Å²) in [5, 5.41) is 8.78. The van der Waals surface area contributed by atoms with Gasteiger partial charge in [-0.05, 0) is 11.8 Å². The van der Waals surface area contributed by atoms with Crippen molar-refractivity contribution in [3.63, 3.8) is 0 Å². The van der Waals surface area contributed by atoms with Crippen molar-refractivity contribution >= 4 is 23.6 Å². The molecule has 1 saturated heterocycles. The highest BCUT2D eigenvalue weighted by atomic mass is 32.2. The number of carboxylic acid groups (broad SMARTS) is 1. The maximum atomic E-state index is 11.9. The quantitative estimate of drug-likeness (QED) is 0.813. The average molecular weight is 273 g/mol. The largest absolute Gasteiger partial charge is 0.480 e. The summed E-state index contributed by atoms with van der Waals surface area (Å²) in [6.45, 7) is -0.0713. The Balaban J connectivity index is 2.56. The molecule has 0 aromatic rings. The lowest BCUT2D eigenvalue weighted by molar-refractivity contribution is -0.157. The fraction of sp³-hybridized carbons (Fsp3) is 0.750. The third-order valence-corrected chi connectivity index (χ3v) is 2.81. The number of aliphatic carboxylic acids is 1. The fourth-order valence-corrected chi connectivity index (χ4v) is 1.79. The van der Waals surface area contributed by atoms with Crippen LogP contribution in [0, 0.1) is 0 Å². The first kappa shape index (κ1) is 14.1. The van der Waals surface area contributed by atoms with Crippen molar-refractivity contribution in [3.05, 3.63) is 0 Å². The van der Waals surface area contributed by atoms with Crippen LogP contribution in [0.15, 0.2) is 0 Å². The molecule has 1 fully saturated rings. The molecule has 0 aromatic heterocycles. The summed E-state index contributed by atoms with van der Waals surface area (Å²) in [7, 11) is 0. The van der Waals surface area contributed by atoms with Crippen molar-refractivity contribution < 1.29 is 32.6 Å². The number of thioether (sulfide) groups is 1. The van der Waals surface area contributed by atoms with Gasteiger partial charge in [0, 0.05) is 6.54 Å². The van der Waals surface area contributed by atoms with Gasteiger partial charge in [0.2, 0.25) is 5.91 Å². The summed E-state index contributed by atoms with van der Waals surface area (Å²) >= 11 is -0.476. The minimum Gasteiger partial charge on any atom is -0.480 e. The lowest BCUT2D eigenvalue weighted by Gasteiger charge is -2.32. The lowest BCUT2D eigenvalue weighted by atomic mass is 10.2. The molecule has 0 radical (unpaired) electrons. The minimum absolute atomic E-state index is 0.00574. The van der Waals surface area contributed by atoms with E-state index in [1.165, 1.54) is 0 Å². The molecule has 9 heteroatoms. The molecule has 1 amide bonds. The number of carboxylic acids is 1. The van der Waals surface area contributed by atoms with Crippen LogP contribution in [0.2, 0.25) is 0 Å². The summed E-state index contributed by atoms with van der Waals surface area (Å²) < 4.78 is 40.5. The number of halogens is 3. The lowest BCUT2D eigenvalue weighted by Crippen LogP contribution is -2.53. The molecule has 5 nitrogen and oxygen atoms in total. The second-order valence-electron chi connectivity index (χ2n) is 3.25. The van der Waals surface area contributed by atoms with Gasteiger partial charge in [-0.2, -0.15) is 13.2 Å². The van der Waals surface area contributed by atoms with Crippen LogP contribution in [0.1, 0.15) is 0 Å². The molecule has 0 saturated carbocycles. The molecule has 17 heavy (non-hydrogen) atoms. The highest BCUT2D eigenvalue weighted by Gasteiger charge is 2.35. The maximum absolute atomic E-state index is 11.9. The number of hydrogen-bond acceptors (Lipinski definition) is 4. The second kappa shape index (κ2) is 5.58. The summed E-state index contributed by atoms with van der Waals surface area (Å²) in [6.07, 6.45) is 0. The summed E-state index contributed by atoms with van der Waals surface area (Å²) in [5.74, 6) is -2.94.